The average Bonchev–Trinajstić information content (AvgIpc) is 2.86. The van der Waals surface area contributed by atoms with E-state index in [-0.39, 0.29) is 23.1 Å². The standard InChI is InChI=1S/C26H28N2O5S/c1-19-8-13-24(33-3)25(16-19)34(30,31)28(22-9-11-23(32-2)12-10-22)18-26(29)27-15-14-20-6-4-5-7-21(20)17-27/h4-13,16H,14-15,17-18H2,1-3H3. The summed E-state index contributed by atoms with van der Waals surface area (Å²) in [6.45, 7) is 2.49. The number of benzene rings is 3. The monoisotopic (exact) mass is 480 g/mol. The predicted octanol–water partition coefficient (Wildman–Crippen LogP) is 3.79. The minimum absolute atomic E-state index is 0.0163. The Morgan fingerprint density at radius 1 is 0.971 bits per heavy atom. The fraction of sp³-hybridized carbons (Fsp3) is 0.269. The molecule has 0 fully saturated rings. The zero-order chi connectivity index (χ0) is 24.3. The lowest BCUT2D eigenvalue weighted by molar-refractivity contribution is -0.130. The van der Waals surface area contributed by atoms with Crippen LogP contribution in [0.4, 0.5) is 5.69 Å². The van der Waals surface area contributed by atoms with Crippen LogP contribution in [0.3, 0.4) is 0 Å². The van der Waals surface area contributed by atoms with Crippen molar-refractivity contribution >= 4 is 21.6 Å². The molecular formula is C26H28N2O5S. The minimum Gasteiger partial charge on any atom is -0.497 e. The Morgan fingerprint density at radius 3 is 2.35 bits per heavy atom. The van der Waals surface area contributed by atoms with Crippen LogP contribution in [0, 0.1) is 6.92 Å². The fourth-order valence-electron chi connectivity index (χ4n) is 4.10. The van der Waals surface area contributed by atoms with E-state index in [1.807, 2.05) is 25.1 Å². The van der Waals surface area contributed by atoms with Crippen LogP contribution in [0.15, 0.2) is 71.6 Å². The first-order valence-electron chi connectivity index (χ1n) is 11.0. The predicted molar refractivity (Wildman–Crippen MR) is 131 cm³/mol. The Hall–Kier alpha value is -3.52. The maximum Gasteiger partial charge on any atom is 0.268 e. The van der Waals surface area contributed by atoms with Gasteiger partial charge in [-0.1, -0.05) is 30.3 Å². The van der Waals surface area contributed by atoms with E-state index < -0.39 is 10.0 Å². The van der Waals surface area contributed by atoms with Gasteiger partial charge in [-0.15, -0.1) is 0 Å². The van der Waals surface area contributed by atoms with Crippen LogP contribution in [0.2, 0.25) is 0 Å². The summed E-state index contributed by atoms with van der Waals surface area (Å²) in [6.07, 6.45) is 0.739. The van der Waals surface area contributed by atoms with E-state index in [9.17, 15) is 13.2 Å². The van der Waals surface area contributed by atoms with Gasteiger partial charge in [0.2, 0.25) is 5.91 Å². The largest absolute Gasteiger partial charge is 0.497 e. The lowest BCUT2D eigenvalue weighted by Gasteiger charge is -2.32. The van der Waals surface area contributed by atoms with Gasteiger partial charge in [0.25, 0.3) is 10.0 Å². The number of rotatable bonds is 7. The first-order valence-corrected chi connectivity index (χ1v) is 12.4. The highest BCUT2D eigenvalue weighted by atomic mass is 32.2. The van der Waals surface area contributed by atoms with Gasteiger partial charge in [0.15, 0.2) is 0 Å². The SMILES string of the molecule is COc1ccc(N(CC(=O)N2CCc3ccccc3C2)S(=O)(=O)c2cc(C)ccc2OC)cc1. The summed E-state index contributed by atoms with van der Waals surface area (Å²) < 4.78 is 39.5. The van der Waals surface area contributed by atoms with Crippen molar-refractivity contribution in [3.8, 4) is 11.5 Å². The Morgan fingerprint density at radius 2 is 1.68 bits per heavy atom. The number of sulfonamides is 1. The second-order valence-corrected chi connectivity index (χ2v) is 10.0. The number of amides is 1. The number of ether oxygens (including phenoxy) is 2. The third-order valence-electron chi connectivity index (χ3n) is 6.01. The van der Waals surface area contributed by atoms with Crippen LogP contribution >= 0.6 is 0 Å². The van der Waals surface area contributed by atoms with Gasteiger partial charge in [-0.25, -0.2) is 8.42 Å². The van der Waals surface area contributed by atoms with Crippen LogP contribution in [0.5, 0.6) is 11.5 Å². The molecule has 0 unspecified atom stereocenters. The molecule has 1 amide bonds. The van der Waals surface area contributed by atoms with Crippen LogP contribution in [-0.4, -0.2) is 46.5 Å². The molecule has 4 rings (SSSR count). The quantitative estimate of drug-likeness (QED) is 0.514. The molecule has 8 heteroatoms. The summed E-state index contributed by atoms with van der Waals surface area (Å²) in [7, 11) is -1.14. The molecule has 3 aromatic carbocycles. The van der Waals surface area contributed by atoms with Crippen LogP contribution < -0.4 is 13.8 Å². The van der Waals surface area contributed by atoms with Crippen LogP contribution in [0.1, 0.15) is 16.7 Å². The van der Waals surface area contributed by atoms with Gasteiger partial charge < -0.3 is 14.4 Å². The number of fused-ring (bicyclic) bond motifs is 1. The molecule has 0 spiro atoms. The van der Waals surface area contributed by atoms with Gasteiger partial charge in [-0.05, 0) is 66.4 Å². The van der Waals surface area contributed by atoms with E-state index in [1.54, 1.807) is 54.5 Å². The van der Waals surface area contributed by atoms with Crippen LogP contribution in [-0.2, 0) is 27.8 Å². The summed E-state index contributed by atoms with van der Waals surface area (Å²) in [5.74, 6) is 0.553. The number of carbonyl (C=O) groups excluding carboxylic acids is 1. The molecule has 0 atom stereocenters. The smallest absolute Gasteiger partial charge is 0.268 e. The first-order chi connectivity index (χ1) is 16.3. The van der Waals surface area contributed by atoms with Crippen molar-refractivity contribution in [2.24, 2.45) is 0 Å². The van der Waals surface area contributed by atoms with E-state index in [4.69, 9.17) is 9.47 Å². The summed E-state index contributed by atoms with van der Waals surface area (Å²) in [6, 6.07) is 19.6. The minimum atomic E-state index is -4.11. The second-order valence-electron chi connectivity index (χ2n) is 8.20. The lowest BCUT2D eigenvalue weighted by atomic mass is 10.00. The third-order valence-corrected chi connectivity index (χ3v) is 7.80. The molecule has 178 valence electrons. The van der Waals surface area contributed by atoms with E-state index in [1.165, 1.54) is 12.7 Å². The molecule has 0 saturated carbocycles. The Labute approximate surface area is 200 Å². The molecule has 0 saturated heterocycles. The molecule has 34 heavy (non-hydrogen) atoms. The van der Waals surface area contributed by atoms with Crippen molar-refractivity contribution in [3.63, 3.8) is 0 Å². The highest BCUT2D eigenvalue weighted by molar-refractivity contribution is 7.93. The van der Waals surface area contributed by atoms with Crippen molar-refractivity contribution in [3.05, 3.63) is 83.4 Å². The molecule has 1 aliphatic heterocycles. The second kappa shape index (κ2) is 9.77. The molecule has 7 nitrogen and oxygen atoms in total. The van der Waals surface area contributed by atoms with E-state index in [2.05, 4.69) is 6.07 Å². The molecule has 0 N–H and O–H groups in total. The van der Waals surface area contributed by atoms with Gasteiger partial charge in [0, 0.05) is 13.1 Å². The number of carbonyl (C=O) groups is 1. The Kier molecular flexibility index (Phi) is 6.79. The number of anilines is 1. The highest BCUT2D eigenvalue weighted by Crippen LogP contribution is 2.32. The molecule has 1 heterocycles. The van der Waals surface area contributed by atoms with Crippen LogP contribution in [0.25, 0.3) is 0 Å². The summed E-state index contributed by atoms with van der Waals surface area (Å²) >= 11 is 0. The van der Waals surface area contributed by atoms with Gasteiger partial charge >= 0.3 is 0 Å². The molecule has 1 aliphatic rings. The average molecular weight is 481 g/mol. The molecule has 0 aliphatic carbocycles. The maximum absolute atomic E-state index is 13.9. The molecule has 0 radical (unpaired) electrons. The van der Waals surface area contributed by atoms with Crippen molar-refractivity contribution < 1.29 is 22.7 Å². The van der Waals surface area contributed by atoms with Crippen molar-refractivity contribution in [2.75, 3.05) is 31.6 Å². The molecule has 0 bridgehead atoms. The maximum atomic E-state index is 13.9. The lowest BCUT2D eigenvalue weighted by Crippen LogP contribution is -2.44. The number of methoxy groups -OCH3 is 2. The van der Waals surface area contributed by atoms with Gasteiger partial charge in [-0.3, -0.25) is 9.10 Å². The molecule has 3 aromatic rings. The summed E-state index contributed by atoms with van der Waals surface area (Å²) in [5, 5.41) is 0. The topological polar surface area (TPSA) is 76.2 Å². The highest BCUT2D eigenvalue weighted by Gasteiger charge is 2.32. The number of aryl methyl sites for hydroxylation is 1. The van der Waals surface area contributed by atoms with Gasteiger partial charge in [0.05, 0.1) is 19.9 Å². The summed E-state index contributed by atoms with van der Waals surface area (Å²) in [4.78, 5) is 15.1. The fourth-order valence-corrected chi connectivity index (χ4v) is 5.76. The normalized spacial score (nSPS) is 13.2. The van der Waals surface area contributed by atoms with Gasteiger partial charge in [0.1, 0.15) is 22.9 Å². The summed E-state index contributed by atoms with van der Waals surface area (Å²) in [5.41, 5.74) is 3.44. The van der Waals surface area contributed by atoms with E-state index in [0.29, 0.717) is 24.5 Å². The van der Waals surface area contributed by atoms with E-state index in [0.717, 1.165) is 21.9 Å². The van der Waals surface area contributed by atoms with Crippen molar-refractivity contribution in [2.45, 2.75) is 24.8 Å². The van der Waals surface area contributed by atoms with Gasteiger partial charge in [-0.2, -0.15) is 0 Å². The zero-order valence-corrected chi connectivity index (χ0v) is 20.3. The Balaban J connectivity index is 1.70. The Bertz CT molecular complexity index is 1290. The number of hydrogen-bond donors (Lipinski definition) is 0. The number of nitrogens with zero attached hydrogens (tertiary/aromatic N) is 2. The van der Waals surface area contributed by atoms with E-state index >= 15 is 0 Å². The molecular weight excluding hydrogens is 452 g/mol. The number of hydrogen-bond acceptors (Lipinski definition) is 5. The van der Waals surface area contributed by atoms with Crippen molar-refractivity contribution in [1.29, 1.82) is 0 Å². The zero-order valence-electron chi connectivity index (χ0n) is 19.5. The molecule has 0 aromatic heterocycles. The van der Waals surface area contributed by atoms with Crippen molar-refractivity contribution in [1.82, 2.24) is 4.90 Å². The first kappa shape index (κ1) is 23.6. The third kappa shape index (κ3) is 4.72.